The molecule has 1 aliphatic carbocycles. The Balaban J connectivity index is 1.23. The zero-order chi connectivity index (χ0) is 25.5. The first-order valence-corrected chi connectivity index (χ1v) is 13.9. The van der Waals surface area contributed by atoms with E-state index in [0.29, 0.717) is 28.2 Å². The van der Waals surface area contributed by atoms with Crippen molar-refractivity contribution in [3.63, 3.8) is 0 Å². The second-order valence-electron chi connectivity index (χ2n) is 9.97. The van der Waals surface area contributed by atoms with E-state index in [4.69, 9.17) is 4.98 Å². The number of benzene rings is 1. The fourth-order valence-electron chi connectivity index (χ4n) is 5.48. The van der Waals surface area contributed by atoms with Crippen LogP contribution in [-0.2, 0) is 6.54 Å². The Morgan fingerprint density at radius 3 is 2.84 bits per heavy atom. The number of rotatable bonds is 7. The molecule has 0 aliphatic heterocycles. The maximum Gasteiger partial charge on any atom is 0.160 e. The van der Waals surface area contributed by atoms with Crippen LogP contribution in [0, 0.1) is 11.7 Å². The van der Waals surface area contributed by atoms with Gasteiger partial charge in [0.1, 0.15) is 17.0 Å². The van der Waals surface area contributed by atoms with E-state index >= 15 is 4.39 Å². The first-order chi connectivity index (χ1) is 18.7. The van der Waals surface area contributed by atoms with Crippen LogP contribution in [0.15, 0.2) is 59.7 Å². The minimum absolute atomic E-state index is 0.323. The molecular weight excluding hydrogens is 497 g/mol. The third-order valence-electron chi connectivity index (χ3n) is 7.43. The van der Waals surface area contributed by atoms with E-state index < -0.39 is 0 Å². The summed E-state index contributed by atoms with van der Waals surface area (Å²) in [6, 6.07) is 9.37. The van der Waals surface area contributed by atoms with Crippen LogP contribution in [0.1, 0.15) is 31.2 Å². The molecule has 0 spiro atoms. The number of halogens is 1. The minimum Gasteiger partial charge on any atom is -0.321 e. The Morgan fingerprint density at radius 1 is 1.05 bits per heavy atom. The number of imidazole rings is 1. The molecular formula is C29H26FN7S. The van der Waals surface area contributed by atoms with Gasteiger partial charge < -0.3 is 10.3 Å². The van der Waals surface area contributed by atoms with Crippen LogP contribution in [0.4, 0.5) is 4.39 Å². The third kappa shape index (κ3) is 4.27. The second kappa shape index (κ2) is 9.74. The molecule has 1 aliphatic rings. The Bertz CT molecular complexity index is 1730. The Hall–Kier alpha value is -3.95. The first-order valence-electron chi connectivity index (χ1n) is 12.9. The molecule has 0 radical (unpaired) electrons. The quantitative estimate of drug-likeness (QED) is 0.216. The van der Waals surface area contributed by atoms with Gasteiger partial charge in [-0.3, -0.25) is 10.1 Å². The van der Waals surface area contributed by atoms with Crippen LogP contribution in [-0.4, -0.2) is 36.7 Å². The van der Waals surface area contributed by atoms with Crippen molar-refractivity contribution in [2.45, 2.75) is 32.2 Å². The van der Waals surface area contributed by atoms with E-state index in [9.17, 15) is 0 Å². The highest BCUT2D eigenvalue weighted by Gasteiger charge is 2.19. The van der Waals surface area contributed by atoms with Crippen LogP contribution in [0.2, 0.25) is 0 Å². The molecule has 3 N–H and O–H groups in total. The highest BCUT2D eigenvalue weighted by Crippen LogP contribution is 2.34. The summed E-state index contributed by atoms with van der Waals surface area (Å²) in [5.41, 5.74) is 7.06. The number of hydrogen-bond donors (Lipinski definition) is 3. The number of hydrogen-bond acceptors (Lipinski definition) is 6. The van der Waals surface area contributed by atoms with Gasteiger partial charge in [0.25, 0.3) is 0 Å². The van der Waals surface area contributed by atoms with Gasteiger partial charge in [-0.05, 0) is 71.5 Å². The number of aromatic nitrogens is 6. The van der Waals surface area contributed by atoms with Crippen molar-refractivity contribution in [2.75, 3.05) is 6.54 Å². The number of fused-ring (bicyclic) bond motifs is 2. The van der Waals surface area contributed by atoms with Gasteiger partial charge >= 0.3 is 0 Å². The summed E-state index contributed by atoms with van der Waals surface area (Å²) in [4.78, 5) is 17.0. The van der Waals surface area contributed by atoms with Crippen molar-refractivity contribution in [1.82, 2.24) is 35.5 Å². The minimum atomic E-state index is -0.323. The molecule has 5 aromatic heterocycles. The van der Waals surface area contributed by atoms with Crippen molar-refractivity contribution in [3.05, 3.63) is 71.1 Å². The first kappa shape index (κ1) is 23.2. The van der Waals surface area contributed by atoms with Gasteiger partial charge in [0.05, 0.1) is 5.52 Å². The SMILES string of the molecule is Fc1cc2[nH]nc(-c3nc4c(-c5ccsc5)ccnc4[nH]3)c2cc1-c1cncc(CNCC2CCCC2)c1. The summed E-state index contributed by atoms with van der Waals surface area (Å²) in [5.74, 6) is 1.03. The van der Waals surface area contributed by atoms with Gasteiger partial charge in [-0.1, -0.05) is 12.8 Å². The van der Waals surface area contributed by atoms with Gasteiger partial charge in [-0.2, -0.15) is 16.4 Å². The normalized spacial score (nSPS) is 14.2. The Morgan fingerprint density at radius 2 is 1.97 bits per heavy atom. The zero-order valence-electron chi connectivity index (χ0n) is 20.7. The molecule has 190 valence electrons. The highest BCUT2D eigenvalue weighted by atomic mass is 32.1. The van der Waals surface area contributed by atoms with Crippen LogP contribution in [0.25, 0.3) is 55.8 Å². The summed E-state index contributed by atoms with van der Waals surface area (Å²) < 4.78 is 15.3. The second-order valence-corrected chi connectivity index (χ2v) is 10.7. The molecule has 0 unspecified atom stereocenters. The molecule has 1 fully saturated rings. The molecule has 0 bridgehead atoms. The molecule has 1 saturated carbocycles. The molecule has 38 heavy (non-hydrogen) atoms. The lowest BCUT2D eigenvalue weighted by Crippen LogP contribution is -2.20. The van der Waals surface area contributed by atoms with Crippen molar-refractivity contribution in [1.29, 1.82) is 0 Å². The summed E-state index contributed by atoms with van der Waals surface area (Å²) in [6.45, 7) is 1.74. The van der Waals surface area contributed by atoms with E-state index in [2.05, 4.69) is 41.9 Å². The summed E-state index contributed by atoms with van der Waals surface area (Å²) in [5, 5.41) is 15.9. The van der Waals surface area contributed by atoms with E-state index in [1.165, 1.54) is 31.7 Å². The lowest BCUT2D eigenvalue weighted by atomic mass is 10.0. The Kier molecular flexibility index (Phi) is 5.94. The average Bonchev–Trinajstić information content (AvgIpc) is 3.74. The predicted molar refractivity (Wildman–Crippen MR) is 149 cm³/mol. The average molecular weight is 524 g/mol. The van der Waals surface area contributed by atoms with Gasteiger partial charge in [0.15, 0.2) is 11.5 Å². The smallest absolute Gasteiger partial charge is 0.160 e. The molecule has 7 rings (SSSR count). The molecule has 7 nitrogen and oxygen atoms in total. The lowest BCUT2D eigenvalue weighted by Gasteiger charge is -2.11. The van der Waals surface area contributed by atoms with Crippen molar-refractivity contribution >= 4 is 33.4 Å². The summed E-state index contributed by atoms with van der Waals surface area (Å²) >= 11 is 1.64. The third-order valence-corrected chi connectivity index (χ3v) is 8.12. The molecule has 6 aromatic rings. The van der Waals surface area contributed by atoms with E-state index in [0.717, 1.165) is 52.2 Å². The molecule has 9 heteroatoms. The van der Waals surface area contributed by atoms with Gasteiger partial charge in [-0.15, -0.1) is 0 Å². The largest absolute Gasteiger partial charge is 0.321 e. The number of aromatic amines is 2. The highest BCUT2D eigenvalue weighted by molar-refractivity contribution is 7.08. The molecule has 0 saturated heterocycles. The van der Waals surface area contributed by atoms with Crippen LogP contribution in [0.5, 0.6) is 0 Å². The monoisotopic (exact) mass is 523 g/mol. The van der Waals surface area contributed by atoms with E-state index in [1.54, 1.807) is 23.7 Å². The predicted octanol–water partition coefficient (Wildman–Crippen LogP) is 6.71. The molecule has 5 heterocycles. The van der Waals surface area contributed by atoms with Crippen LogP contribution in [0.3, 0.4) is 0 Å². The topological polar surface area (TPSA) is 95.2 Å². The van der Waals surface area contributed by atoms with Crippen LogP contribution >= 0.6 is 11.3 Å². The number of nitrogens with zero attached hydrogens (tertiary/aromatic N) is 4. The number of thiophene rings is 1. The molecule has 0 amide bonds. The maximum absolute atomic E-state index is 15.3. The van der Waals surface area contributed by atoms with Gasteiger partial charge in [0.2, 0.25) is 0 Å². The molecule has 0 atom stereocenters. The van der Waals surface area contributed by atoms with Crippen molar-refractivity contribution in [2.24, 2.45) is 5.92 Å². The van der Waals surface area contributed by atoms with Crippen molar-refractivity contribution in [3.8, 4) is 33.8 Å². The van der Waals surface area contributed by atoms with Crippen LogP contribution < -0.4 is 5.32 Å². The summed E-state index contributed by atoms with van der Waals surface area (Å²) in [7, 11) is 0. The maximum atomic E-state index is 15.3. The fourth-order valence-corrected chi connectivity index (χ4v) is 6.14. The summed E-state index contributed by atoms with van der Waals surface area (Å²) in [6.07, 6.45) is 10.6. The Labute approximate surface area is 222 Å². The number of H-pyrrole nitrogens is 2. The zero-order valence-corrected chi connectivity index (χ0v) is 21.5. The van der Waals surface area contributed by atoms with E-state index in [1.807, 2.05) is 29.8 Å². The van der Waals surface area contributed by atoms with Gasteiger partial charge in [-0.25, -0.2) is 14.4 Å². The standard InChI is InChI=1S/C29H26FN7S/c30-24-11-25-23(10-22(24)20-9-18(14-32-15-20)13-31-12-17-3-1-2-4-17)27(37-36-25)29-34-26-21(19-6-8-38-16-19)5-7-33-28(26)35-29/h5-11,14-17,31H,1-4,12-13H2,(H,36,37)(H,33,34,35). The lowest BCUT2D eigenvalue weighted by molar-refractivity contribution is 0.489. The van der Waals surface area contributed by atoms with E-state index in [-0.39, 0.29) is 5.82 Å². The van der Waals surface area contributed by atoms with Crippen molar-refractivity contribution < 1.29 is 4.39 Å². The number of pyridine rings is 2. The molecule has 1 aromatic carbocycles. The van der Waals surface area contributed by atoms with Gasteiger partial charge in [0, 0.05) is 53.3 Å². The number of nitrogens with one attached hydrogen (secondary N) is 3. The fraction of sp³-hybridized carbons (Fsp3) is 0.241.